The van der Waals surface area contributed by atoms with E-state index in [0.717, 1.165) is 13.1 Å². The number of rotatable bonds is 6. The number of hydrogen-bond acceptors (Lipinski definition) is 2. The molecule has 1 aliphatic heterocycles. The van der Waals surface area contributed by atoms with Gasteiger partial charge in [-0.1, -0.05) is 49.9 Å². The fourth-order valence-corrected chi connectivity index (χ4v) is 3.32. The summed E-state index contributed by atoms with van der Waals surface area (Å²) in [5, 5.41) is 3.47. The minimum absolute atomic E-state index is 0. The molecular formula is C18H32Cl2N2. The van der Waals surface area contributed by atoms with Gasteiger partial charge < -0.3 is 5.32 Å². The molecular weight excluding hydrogens is 315 g/mol. The van der Waals surface area contributed by atoms with Gasteiger partial charge in [-0.2, -0.15) is 0 Å². The van der Waals surface area contributed by atoms with Crippen LogP contribution in [0.2, 0.25) is 0 Å². The van der Waals surface area contributed by atoms with Gasteiger partial charge in [-0.3, -0.25) is 4.90 Å². The van der Waals surface area contributed by atoms with Gasteiger partial charge in [0.05, 0.1) is 0 Å². The lowest BCUT2D eigenvalue weighted by atomic mass is 9.93. The van der Waals surface area contributed by atoms with Gasteiger partial charge in [-0.15, -0.1) is 24.8 Å². The summed E-state index contributed by atoms with van der Waals surface area (Å²) in [7, 11) is 0. The Morgan fingerprint density at radius 3 is 2.36 bits per heavy atom. The summed E-state index contributed by atoms with van der Waals surface area (Å²) in [5.74, 6) is 0. The molecule has 0 saturated carbocycles. The van der Waals surface area contributed by atoms with E-state index in [1.165, 1.54) is 49.9 Å². The monoisotopic (exact) mass is 346 g/mol. The van der Waals surface area contributed by atoms with Crippen molar-refractivity contribution >= 4 is 24.8 Å². The molecule has 1 saturated heterocycles. The third-order valence-electron chi connectivity index (χ3n) is 4.46. The van der Waals surface area contributed by atoms with Crippen LogP contribution in [0.5, 0.6) is 0 Å². The van der Waals surface area contributed by atoms with Crippen molar-refractivity contribution in [1.29, 1.82) is 0 Å². The average Bonchev–Trinajstić information content (AvgIpc) is 2.46. The molecule has 128 valence electrons. The molecule has 2 nitrogen and oxygen atoms in total. The summed E-state index contributed by atoms with van der Waals surface area (Å²) in [6.45, 7) is 11.4. The topological polar surface area (TPSA) is 15.3 Å². The zero-order valence-electron chi connectivity index (χ0n) is 14.2. The number of halogens is 2. The highest BCUT2D eigenvalue weighted by Crippen LogP contribution is 2.29. The van der Waals surface area contributed by atoms with Crippen LogP contribution < -0.4 is 5.32 Å². The lowest BCUT2D eigenvalue weighted by Crippen LogP contribution is -2.45. The SMILES string of the molecule is CCCCC[C@H](c1ccc(C)cc1C)N1CCNCC1.Cl.Cl. The molecule has 1 fully saturated rings. The van der Waals surface area contributed by atoms with Crippen LogP contribution in [0.1, 0.15) is 55.3 Å². The second-order valence-corrected chi connectivity index (χ2v) is 6.16. The summed E-state index contributed by atoms with van der Waals surface area (Å²) in [5.41, 5.74) is 4.39. The Labute approximate surface area is 148 Å². The van der Waals surface area contributed by atoms with E-state index in [4.69, 9.17) is 0 Å². The first kappa shape index (κ1) is 21.7. The van der Waals surface area contributed by atoms with Gasteiger partial charge in [0.2, 0.25) is 0 Å². The molecule has 0 amide bonds. The Bertz CT molecular complexity index is 418. The van der Waals surface area contributed by atoms with E-state index in [1.807, 2.05) is 0 Å². The maximum absolute atomic E-state index is 3.47. The van der Waals surface area contributed by atoms with Crippen LogP contribution in [0.3, 0.4) is 0 Å². The number of hydrogen-bond donors (Lipinski definition) is 1. The third-order valence-corrected chi connectivity index (χ3v) is 4.46. The predicted octanol–water partition coefficient (Wildman–Crippen LogP) is 4.67. The van der Waals surface area contributed by atoms with Crippen molar-refractivity contribution in [3.05, 3.63) is 34.9 Å². The fourth-order valence-electron chi connectivity index (χ4n) is 3.32. The number of nitrogens with one attached hydrogen (secondary N) is 1. The summed E-state index contributed by atoms with van der Waals surface area (Å²) in [4.78, 5) is 2.68. The minimum Gasteiger partial charge on any atom is -0.314 e. The smallest absolute Gasteiger partial charge is 0.0351 e. The van der Waals surface area contributed by atoms with Crippen molar-refractivity contribution in [2.75, 3.05) is 26.2 Å². The van der Waals surface area contributed by atoms with Crippen molar-refractivity contribution in [1.82, 2.24) is 10.2 Å². The van der Waals surface area contributed by atoms with Gasteiger partial charge in [0.1, 0.15) is 0 Å². The Morgan fingerprint density at radius 1 is 1.09 bits per heavy atom. The maximum atomic E-state index is 3.47. The molecule has 1 atom stereocenters. The number of benzene rings is 1. The molecule has 1 aromatic carbocycles. The number of unbranched alkanes of at least 4 members (excludes halogenated alkanes) is 2. The van der Waals surface area contributed by atoms with Crippen LogP contribution in [0.25, 0.3) is 0 Å². The first-order valence-electron chi connectivity index (χ1n) is 8.24. The molecule has 0 aromatic heterocycles. The van der Waals surface area contributed by atoms with Crippen molar-refractivity contribution in [3.63, 3.8) is 0 Å². The average molecular weight is 347 g/mol. The molecule has 0 spiro atoms. The van der Waals surface area contributed by atoms with E-state index >= 15 is 0 Å². The van der Waals surface area contributed by atoms with Crippen LogP contribution >= 0.6 is 24.8 Å². The largest absolute Gasteiger partial charge is 0.314 e. The van der Waals surface area contributed by atoms with Gasteiger partial charge in [0.15, 0.2) is 0 Å². The molecule has 1 aromatic rings. The standard InChI is InChI=1S/C18H30N2.2ClH/c1-4-5-6-7-18(20-12-10-19-11-13-20)17-9-8-15(2)14-16(17)3;;/h8-9,14,18-19H,4-7,10-13H2,1-3H3;2*1H/t18-;;/m1../s1. The van der Waals surface area contributed by atoms with E-state index in [1.54, 1.807) is 5.56 Å². The normalized spacial score (nSPS) is 16.5. The van der Waals surface area contributed by atoms with Crippen LogP contribution in [-0.4, -0.2) is 31.1 Å². The van der Waals surface area contributed by atoms with Crippen LogP contribution in [0, 0.1) is 13.8 Å². The lowest BCUT2D eigenvalue weighted by molar-refractivity contribution is 0.162. The van der Waals surface area contributed by atoms with Crippen molar-refractivity contribution in [2.24, 2.45) is 0 Å². The van der Waals surface area contributed by atoms with Gasteiger partial charge >= 0.3 is 0 Å². The number of nitrogens with zero attached hydrogens (tertiary/aromatic N) is 1. The van der Waals surface area contributed by atoms with Crippen molar-refractivity contribution < 1.29 is 0 Å². The predicted molar refractivity (Wildman–Crippen MR) is 102 cm³/mol. The van der Waals surface area contributed by atoms with Crippen LogP contribution in [0.4, 0.5) is 0 Å². The molecule has 0 radical (unpaired) electrons. The van der Waals surface area contributed by atoms with Crippen LogP contribution in [0.15, 0.2) is 18.2 Å². The molecule has 22 heavy (non-hydrogen) atoms. The lowest BCUT2D eigenvalue weighted by Gasteiger charge is -2.36. The third kappa shape index (κ3) is 6.08. The highest BCUT2D eigenvalue weighted by Gasteiger charge is 2.22. The zero-order chi connectivity index (χ0) is 14.4. The zero-order valence-corrected chi connectivity index (χ0v) is 15.9. The number of aryl methyl sites for hydroxylation is 2. The summed E-state index contributed by atoms with van der Waals surface area (Å²) in [6.07, 6.45) is 5.31. The minimum atomic E-state index is 0. The first-order valence-corrected chi connectivity index (χ1v) is 8.24. The molecule has 1 aliphatic rings. The molecule has 1 N–H and O–H groups in total. The van der Waals surface area contributed by atoms with E-state index in [9.17, 15) is 0 Å². The highest BCUT2D eigenvalue weighted by atomic mass is 35.5. The Morgan fingerprint density at radius 2 is 1.77 bits per heavy atom. The molecule has 0 aliphatic carbocycles. The van der Waals surface area contributed by atoms with Crippen molar-refractivity contribution in [2.45, 2.75) is 52.5 Å². The molecule has 4 heteroatoms. The van der Waals surface area contributed by atoms with E-state index < -0.39 is 0 Å². The molecule has 1 heterocycles. The summed E-state index contributed by atoms with van der Waals surface area (Å²) >= 11 is 0. The van der Waals surface area contributed by atoms with Crippen molar-refractivity contribution in [3.8, 4) is 0 Å². The van der Waals surface area contributed by atoms with Crippen LogP contribution in [-0.2, 0) is 0 Å². The van der Waals surface area contributed by atoms with Gasteiger partial charge in [-0.05, 0) is 31.4 Å². The van der Waals surface area contributed by atoms with Gasteiger partial charge in [-0.25, -0.2) is 0 Å². The second kappa shape index (κ2) is 11.3. The molecule has 0 bridgehead atoms. The first-order chi connectivity index (χ1) is 9.72. The van der Waals surface area contributed by atoms with E-state index in [0.29, 0.717) is 6.04 Å². The summed E-state index contributed by atoms with van der Waals surface area (Å²) in [6, 6.07) is 7.59. The fraction of sp³-hybridized carbons (Fsp3) is 0.667. The highest BCUT2D eigenvalue weighted by molar-refractivity contribution is 5.85. The maximum Gasteiger partial charge on any atom is 0.0351 e. The number of piperazine rings is 1. The van der Waals surface area contributed by atoms with E-state index in [2.05, 4.69) is 49.2 Å². The van der Waals surface area contributed by atoms with Gasteiger partial charge in [0.25, 0.3) is 0 Å². The molecule has 2 rings (SSSR count). The molecule has 0 unspecified atom stereocenters. The Hall–Kier alpha value is -0.280. The second-order valence-electron chi connectivity index (χ2n) is 6.16. The quantitative estimate of drug-likeness (QED) is 0.752. The van der Waals surface area contributed by atoms with E-state index in [-0.39, 0.29) is 24.8 Å². The Kier molecular flexibility index (Phi) is 11.1. The van der Waals surface area contributed by atoms with Gasteiger partial charge in [0, 0.05) is 32.2 Å². The summed E-state index contributed by atoms with van der Waals surface area (Å²) < 4.78 is 0. The Balaban J connectivity index is 0.00000220.